The van der Waals surface area contributed by atoms with Gasteiger partial charge in [0.05, 0.1) is 38.0 Å². The van der Waals surface area contributed by atoms with Crippen LogP contribution in [0.3, 0.4) is 0 Å². The third-order valence-corrected chi connectivity index (χ3v) is 4.64. The molecule has 32 heavy (non-hydrogen) atoms. The average molecular weight is 453 g/mol. The van der Waals surface area contributed by atoms with E-state index in [0.29, 0.717) is 11.4 Å². The van der Waals surface area contributed by atoms with Crippen LogP contribution in [0.5, 0.6) is 0 Å². The Labute approximate surface area is 182 Å². The summed E-state index contributed by atoms with van der Waals surface area (Å²) in [7, 11) is 1.40. The van der Waals surface area contributed by atoms with E-state index in [1.54, 1.807) is 20.8 Å². The smallest absolute Gasteiger partial charge is 0.342 e. The summed E-state index contributed by atoms with van der Waals surface area (Å²) >= 11 is 0. The van der Waals surface area contributed by atoms with Crippen molar-refractivity contribution in [1.29, 1.82) is 0 Å². The topological polar surface area (TPSA) is 178 Å². The number of dihydropyridines is 1. The molecule has 1 aliphatic heterocycles. The minimum absolute atomic E-state index is 0.0115. The normalized spacial score (nSPS) is 15.8. The standard InChI is InChI=1S/C18H23N5O9/c1-5-30-17(24)13-10(2)20-11(3)14(18(25)31-7-6-8-32-23(28)29)15(13)16-19-9-12(21(16)4)22(26)27/h9,15,20H,5-8H2,1-4H3. The van der Waals surface area contributed by atoms with Crippen LogP contribution >= 0.6 is 0 Å². The number of rotatable bonds is 10. The first-order chi connectivity index (χ1) is 15.1. The highest BCUT2D eigenvalue weighted by atomic mass is 16.9. The van der Waals surface area contributed by atoms with Gasteiger partial charge < -0.3 is 29.7 Å². The highest BCUT2D eigenvalue weighted by Crippen LogP contribution is 2.39. The summed E-state index contributed by atoms with van der Waals surface area (Å²) in [4.78, 5) is 54.8. The van der Waals surface area contributed by atoms with Gasteiger partial charge in [-0.1, -0.05) is 0 Å². The molecule has 1 atom stereocenters. The number of nitro groups is 1. The van der Waals surface area contributed by atoms with Crippen LogP contribution in [-0.2, 0) is 30.9 Å². The monoisotopic (exact) mass is 453 g/mol. The Morgan fingerprint density at radius 1 is 1.12 bits per heavy atom. The second-order valence-corrected chi connectivity index (χ2v) is 6.69. The van der Waals surface area contributed by atoms with Gasteiger partial charge in [-0.05, 0) is 25.7 Å². The number of nitrogens with one attached hydrogen (secondary N) is 1. The van der Waals surface area contributed by atoms with Crippen LogP contribution < -0.4 is 5.32 Å². The van der Waals surface area contributed by atoms with Gasteiger partial charge in [0, 0.05) is 17.8 Å². The SMILES string of the molecule is CCOC(=O)C1=C(C)NC(C)=C(C(=O)OCCCO[N+](=O)[O-])C1c1ncc([N+](=O)[O-])n1C. The van der Waals surface area contributed by atoms with E-state index in [1.807, 2.05) is 0 Å². The average Bonchev–Trinajstić information content (AvgIpc) is 3.08. The van der Waals surface area contributed by atoms with Gasteiger partial charge in [0.1, 0.15) is 12.1 Å². The van der Waals surface area contributed by atoms with Crippen molar-refractivity contribution in [3.05, 3.63) is 54.8 Å². The van der Waals surface area contributed by atoms with E-state index >= 15 is 0 Å². The van der Waals surface area contributed by atoms with Crippen LogP contribution in [0.1, 0.15) is 38.9 Å². The third-order valence-electron chi connectivity index (χ3n) is 4.64. The third kappa shape index (κ3) is 5.19. The fourth-order valence-electron chi connectivity index (χ4n) is 3.30. The minimum Gasteiger partial charge on any atom is -0.463 e. The van der Waals surface area contributed by atoms with Crippen molar-refractivity contribution < 1.29 is 33.9 Å². The first-order valence-corrected chi connectivity index (χ1v) is 9.56. The zero-order valence-corrected chi connectivity index (χ0v) is 17.9. The lowest BCUT2D eigenvalue weighted by Gasteiger charge is -2.28. The molecule has 0 amide bonds. The molecule has 0 saturated heterocycles. The van der Waals surface area contributed by atoms with Gasteiger partial charge in [0.15, 0.2) is 0 Å². The highest BCUT2D eigenvalue weighted by Gasteiger charge is 2.42. The van der Waals surface area contributed by atoms with Crippen molar-refractivity contribution in [1.82, 2.24) is 14.9 Å². The van der Waals surface area contributed by atoms with Crippen molar-refractivity contribution in [3.8, 4) is 0 Å². The molecule has 0 fully saturated rings. The molecule has 1 aliphatic rings. The van der Waals surface area contributed by atoms with Crippen LogP contribution in [0.4, 0.5) is 5.82 Å². The highest BCUT2D eigenvalue weighted by molar-refractivity contribution is 5.99. The second kappa shape index (κ2) is 10.4. The second-order valence-electron chi connectivity index (χ2n) is 6.69. The molecule has 2 rings (SSSR count). The summed E-state index contributed by atoms with van der Waals surface area (Å²) in [5.41, 5.74) is 0.826. The molecule has 1 unspecified atom stereocenters. The largest absolute Gasteiger partial charge is 0.463 e. The maximum atomic E-state index is 12.9. The fraction of sp³-hybridized carbons (Fsp3) is 0.500. The molecule has 174 valence electrons. The molecular formula is C18H23N5O9. The Morgan fingerprint density at radius 2 is 1.72 bits per heavy atom. The van der Waals surface area contributed by atoms with Crippen molar-refractivity contribution >= 4 is 17.8 Å². The van der Waals surface area contributed by atoms with Gasteiger partial charge in [-0.2, -0.15) is 0 Å². The molecule has 1 aromatic rings. The van der Waals surface area contributed by atoms with E-state index < -0.39 is 27.9 Å². The predicted molar refractivity (Wildman–Crippen MR) is 106 cm³/mol. The molecule has 1 N–H and O–H groups in total. The van der Waals surface area contributed by atoms with Gasteiger partial charge in [0.25, 0.3) is 5.09 Å². The molecule has 14 nitrogen and oxygen atoms in total. The Balaban J connectivity index is 2.44. The number of carbonyl (C=O) groups is 2. The molecular weight excluding hydrogens is 430 g/mol. The van der Waals surface area contributed by atoms with Crippen LogP contribution in [0.2, 0.25) is 0 Å². The number of imidazole rings is 1. The first-order valence-electron chi connectivity index (χ1n) is 9.56. The molecule has 2 heterocycles. The van der Waals surface area contributed by atoms with Crippen LogP contribution in [0.15, 0.2) is 28.7 Å². The Hall–Kier alpha value is -3.97. The first kappa shape index (κ1) is 24.3. The maximum absolute atomic E-state index is 12.9. The van der Waals surface area contributed by atoms with Crippen LogP contribution in [0, 0.1) is 20.2 Å². The maximum Gasteiger partial charge on any atom is 0.342 e. The van der Waals surface area contributed by atoms with E-state index in [1.165, 1.54) is 11.6 Å². The molecule has 0 bridgehead atoms. The molecule has 0 aliphatic carbocycles. The van der Waals surface area contributed by atoms with E-state index in [9.17, 15) is 29.8 Å². The van der Waals surface area contributed by atoms with Gasteiger partial charge in [-0.3, -0.25) is 0 Å². The number of carbonyl (C=O) groups excluding carboxylic acids is 2. The summed E-state index contributed by atoms with van der Waals surface area (Å²) in [6, 6.07) is 0. The lowest BCUT2D eigenvalue weighted by Crippen LogP contribution is -2.33. The zero-order valence-electron chi connectivity index (χ0n) is 17.9. The van der Waals surface area contributed by atoms with Crippen LogP contribution in [-0.4, -0.2) is 51.3 Å². The van der Waals surface area contributed by atoms with Crippen molar-refractivity contribution in [3.63, 3.8) is 0 Å². The Bertz CT molecular complexity index is 995. The summed E-state index contributed by atoms with van der Waals surface area (Å²) in [5.74, 6) is -2.90. The Kier molecular flexibility index (Phi) is 7.87. The number of esters is 2. The number of nitrogens with zero attached hydrogens (tertiary/aromatic N) is 4. The Morgan fingerprint density at radius 3 is 2.22 bits per heavy atom. The van der Waals surface area contributed by atoms with Gasteiger partial charge in [-0.15, -0.1) is 10.1 Å². The molecule has 0 spiro atoms. The van der Waals surface area contributed by atoms with Crippen LogP contribution in [0.25, 0.3) is 0 Å². The molecule has 0 radical (unpaired) electrons. The van der Waals surface area contributed by atoms with E-state index in [2.05, 4.69) is 15.1 Å². The summed E-state index contributed by atoms with van der Waals surface area (Å²) in [6.45, 7) is 4.43. The minimum atomic E-state index is -1.10. The molecule has 1 aromatic heterocycles. The van der Waals surface area contributed by atoms with E-state index in [-0.39, 0.29) is 49.0 Å². The number of ether oxygens (including phenoxy) is 2. The van der Waals surface area contributed by atoms with E-state index in [4.69, 9.17) is 9.47 Å². The molecule has 0 aromatic carbocycles. The molecule has 14 heteroatoms. The van der Waals surface area contributed by atoms with Gasteiger partial charge >= 0.3 is 17.8 Å². The summed E-state index contributed by atoms with van der Waals surface area (Å²) in [6.07, 6.45) is 1.09. The van der Waals surface area contributed by atoms with E-state index in [0.717, 1.165) is 6.20 Å². The zero-order chi connectivity index (χ0) is 24.0. The predicted octanol–water partition coefficient (Wildman–Crippen LogP) is 1.27. The number of hydrogen-bond donors (Lipinski definition) is 1. The lowest BCUT2D eigenvalue weighted by atomic mass is 9.84. The molecule has 0 saturated carbocycles. The number of hydrogen-bond acceptors (Lipinski definition) is 11. The fourth-order valence-corrected chi connectivity index (χ4v) is 3.30. The van der Waals surface area contributed by atoms with Gasteiger partial charge in [-0.25, -0.2) is 19.1 Å². The van der Waals surface area contributed by atoms with Crippen molar-refractivity contribution in [2.45, 2.75) is 33.1 Å². The number of aromatic nitrogens is 2. The quantitative estimate of drug-likeness (QED) is 0.233. The van der Waals surface area contributed by atoms with Gasteiger partial charge in [0.2, 0.25) is 5.82 Å². The van der Waals surface area contributed by atoms with Crippen molar-refractivity contribution in [2.24, 2.45) is 7.05 Å². The summed E-state index contributed by atoms with van der Waals surface area (Å²) < 4.78 is 11.5. The van der Waals surface area contributed by atoms with Crippen molar-refractivity contribution in [2.75, 3.05) is 19.8 Å². The lowest BCUT2D eigenvalue weighted by molar-refractivity contribution is -0.757. The summed E-state index contributed by atoms with van der Waals surface area (Å²) in [5, 5.41) is 23.5. The number of allylic oxidation sites excluding steroid dienone is 2.